The molecule has 2 aromatic rings. The Hall–Kier alpha value is -1.73. The number of aryl methyl sites for hydroxylation is 1. The molecule has 1 N–H and O–H groups in total. The van der Waals surface area contributed by atoms with E-state index in [-0.39, 0.29) is 10.8 Å². The normalized spacial score (nSPS) is 17.6. The number of anilines is 1. The number of hydrogen-bond acceptors (Lipinski definition) is 5. The molecule has 23 heavy (non-hydrogen) atoms. The second kappa shape index (κ2) is 6.05. The molecule has 1 aliphatic carbocycles. The molecule has 1 aliphatic rings. The number of amides is 1. The fourth-order valence-corrected chi connectivity index (χ4v) is 4.41. The predicted octanol–water partition coefficient (Wildman–Crippen LogP) is 2.92. The van der Waals surface area contributed by atoms with Crippen molar-refractivity contribution in [1.29, 1.82) is 0 Å². The van der Waals surface area contributed by atoms with E-state index in [9.17, 15) is 13.2 Å². The van der Waals surface area contributed by atoms with E-state index in [4.69, 9.17) is 0 Å². The molecule has 1 aromatic heterocycles. The minimum Gasteiger partial charge on any atom is -0.298 e. The summed E-state index contributed by atoms with van der Waals surface area (Å²) >= 11 is 1.53. The minimum atomic E-state index is -3.25. The van der Waals surface area contributed by atoms with Crippen molar-refractivity contribution in [2.45, 2.75) is 31.1 Å². The Balaban J connectivity index is 1.74. The monoisotopic (exact) mass is 350 g/mol. The Morgan fingerprint density at radius 3 is 2.65 bits per heavy atom. The first-order chi connectivity index (χ1) is 10.8. The molecular weight excluding hydrogens is 332 g/mol. The van der Waals surface area contributed by atoms with Crippen LogP contribution in [-0.4, -0.2) is 25.6 Å². The number of nitrogens with one attached hydrogen (secondary N) is 1. The van der Waals surface area contributed by atoms with Crippen molar-refractivity contribution in [2.75, 3.05) is 11.6 Å². The summed E-state index contributed by atoms with van der Waals surface area (Å²) in [5.74, 6) is 0.388. The zero-order valence-electron chi connectivity index (χ0n) is 13.0. The highest BCUT2D eigenvalue weighted by Gasteiger charge is 2.20. The Morgan fingerprint density at radius 2 is 2.00 bits per heavy atom. The molecule has 3 rings (SSSR count). The highest BCUT2D eigenvalue weighted by atomic mass is 32.2. The van der Waals surface area contributed by atoms with Crippen LogP contribution in [0.5, 0.6) is 0 Å². The number of carbonyl (C=O) groups excluding carboxylic acids is 1. The summed E-state index contributed by atoms with van der Waals surface area (Å²) in [6, 6.07) is 5.92. The van der Waals surface area contributed by atoms with Crippen LogP contribution in [0.15, 0.2) is 29.2 Å². The van der Waals surface area contributed by atoms with Crippen molar-refractivity contribution >= 4 is 32.2 Å². The summed E-state index contributed by atoms with van der Waals surface area (Å²) in [7, 11) is -3.25. The van der Waals surface area contributed by atoms with Crippen LogP contribution in [0.1, 0.15) is 34.3 Å². The van der Waals surface area contributed by atoms with Crippen molar-refractivity contribution in [3.8, 4) is 0 Å². The standard InChI is InChI=1S/C16H18N2O3S2/c1-10-3-8-13-14(9-10)22-16(17-13)18-15(19)11-4-6-12(7-5-11)23(2,20)21/h4-7,10H,3,8-9H2,1-2H3,(H,17,18,19)/t10-/m0/s1. The largest absolute Gasteiger partial charge is 0.298 e. The lowest BCUT2D eigenvalue weighted by atomic mass is 9.93. The molecule has 0 bridgehead atoms. The molecule has 7 heteroatoms. The SMILES string of the molecule is C[C@H]1CCc2nc(NC(=O)c3ccc(S(C)(=O)=O)cc3)sc2C1. The molecule has 0 aliphatic heterocycles. The molecular formula is C16H18N2O3S2. The molecule has 0 unspecified atom stereocenters. The number of fused-ring (bicyclic) bond motifs is 1. The molecule has 1 aromatic carbocycles. The van der Waals surface area contributed by atoms with E-state index >= 15 is 0 Å². The van der Waals surface area contributed by atoms with Crippen LogP contribution in [0.2, 0.25) is 0 Å². The van der Waals surface area contributed by atoms with Gasteiger partial charge >= 0.3 is 0 Å². The summed E-state index contributed by atoms with van der Waals surface area (Å²) in [5, 5.41) is 3.42. The number of thiazole rings is 1. The number of aromatic nitrogens is 1. The maximum absolute atomic E-state index is 12.3. The van der Waals surface area contributed by atoms with Crippen LogP contribution in [-0.2, 0) is 22.7 Å². The summed E-state index contributed by atoms with van der Waals surface area (Å²) in [6.07, 6.45) is 4.26. The van der Waals surface area contributed by atoms with Gasteiger partial charge in [0.25, 0.3) is 5.91 Å². The van der Waals surface area contributed by atoms with Gasteiger partial charge < -0.3 is 0 Å². The van der Waals surface area contributed by atoms with Crippen LogP contribution < -0.4 is 5.32 Å². The van der Waals surface area contributed by atoms with E-state index in [2.05, 4.69) is 17.2 Å². The first kappa shape index (κ1) is 16.1. The Kier molecular flexibility index (Phi) is 4.25. The van der Waals surface area contributed by atoms with E-state index in [0.717, 1.165) is 31.2 Å². The van der Waals surface area contributed by atoms with Gasteiger partial charge in [0.1, 0.15) is 0 Å². The second-order valence-electron chi connectivity index (χ2n) is 5.99. The van der Waals surface area contributed by atoms with Crippen LogP contribution in [0, 0.1) is 5.92 Å². The van der Waals surface area contributed by atoms with Crippen molar-refractivity contribution < 1.29 is 13.2 Å². The quantitative estimate of drug-likeness (QED) is 0.923. The third kappa shape index (κ3) is 3.61. The molecule has 0 saturated carbocycles. The molecule has 1 amide bonds. The first-order valence-corrected chi connectivity index (χ1v) is 10.1. The number of hydrogen-bond donors (Lipinski definition) is 1. The predicted molar refractivity (Wildman–Crippen MR) is 90.8 cm³/mol. The molecule has 122 valence electrons. The van der Waals surface area contributed by atoms with Gasteiger partial charge in [-0.3, -0.25) is 10.1 Å². The van der Waals surface area contributed by atoms with Crippen molar-refractivity contribution in [3.05, 3.63) is 40.4 Å². The fraction of sp³-hybridized carbons (Fsp3) is 0.375. The molecule has 0 fully saturated rings. The number of sulfone groups is 1. The first-order valence-electron chi connectivity index (χ1n) is 7.43. The average molecular weight is 350 g/mol. The van der Waals surface area contributed by atoms with Gasteiger partial charge in [0, 0.05) is 16.7 Å². The maximum atomic E-state index is 12.3. The van der Waals surface area contributed by atoms with Gasteiger partial charge in [-0.25, -0.2) is 13.4 Å². The van der Waals surface area contributed by atoms with E-state index in [1.54, 1.807) is 0 Å². The number of nitrogens with zero attached hydrogens (tertiary/aromatic N) is 1. The minimum absolute atomic E-state index is 0.202. The highest BCUT2D eigenvalue weighted by molar-refractivity contribution is 7.90. The lowest BCUT2D eigenvalue weighted by molar-refractivity contribution is 0.102. The molecule has 0 spiro atoms. The molecule has 1 heterocycles. The van der Waals surface area contributed by atoms with Gasteiger partial charge in [0.05, 0.1) is 10.6 Å². The Bertz CT molecular complexity index is 839. The third-order valence-corrected chi connectivity index (χ3v) is 6.12. The summed E-state index contributed by atoms with van der Waals surface area (Å²) in [4.78, 5) is 18.2. The average Bonchev–Trinajstić information content (AvgIpc) is 2.87. The van der Waals surface area contributed by atoms with E-state index < -0.39 is 9.84 Å². The van der Waals surface area contributed by atoms with Gasteiger partial charge in [-0.05, 0) is 49.4 Å². The van der Waals surface area contributed by atoms with Gasteiger partial charge in [-0.2, -0.15) is 0 Å². The van der Waals surface area contributed by atoms with Gasteiger partial charge in [-0.15, -0.1) is 11.3 Å². The molecule has 1 atom stereocenters. The number of benzene rings is 1. The Labute approximate surface area is 139 Å². The van der Waals surface area contributed by atoms with Gasteiger partial charge in [0.2, 0.25) is 0 Å². The Morgan fingerprint density at radius 1 is 1.30 bits per heavy atom. The van der Waals surface area contributed by atoms with E-state index in [1.807, 2.05) is 0 Å². The van der Waals surface area contributed by atoms with Crippen LogP contribution in [0.25, 0.3) is 0 Å². The summed E-state index contributed by atoms with van der Waals surface area (Å²) in [6.45, 7) is 2.23. The number of rotatable bonds is 3. The van der Waals surface area contributed by atoms with Crippen molar-refractivity contribution in [2.24, 2.45) is 5.92 Å². The smallest absolute Gasteiger partial charge is 0.257 e. The van der Waals surface area contributed by atoms with Crippen LogP contribution in [0.3, 0.4) is 0 Å². The fourth-order valence-electron chi connectivity index (χ4n) is 2.62. The highest BCUT2D eigenvalue weighted by Crippen LogP contribution is 2.32. The van der Waals surface area contributed by atoms with E-state index in [0.29, 0.717) is 16.6 Å². The molecule has 0 saturated heterocycles. The summed E-state index contributed by atoms with van der Waals surface area (Å²) < 4.78 is 22.9. The maximum Gasteiger partial charge on any atom is 0.257 e. The van der Waals surface area contributed by atoms with Crippen molar-refractivity contribution in [3.63, 3.8) is 0 Å². The number of carbonyl (C=O) groups is 1. The van der Waals surface area contributed by atoms with Crippen molar-refractivity contribution in [1.82, 2.24) is 4.98 Å². The third-order valence-electron chi connectivity index (χ3n) is 3.95. The van der Waals surface area contributed by atoms with Gasteiger partial charge in [-0.1, -0.05) is 6.92 Å². The molecule has 5 nitrogen and oxygen atoms in total. The van der Waals surface area contributed by atoms with Crippen LogP contribution >= 0.6 is 11.3 Å². The lowest BCUT2D eigenvalue weighted by Crippen LogP contribution is -2.12. The van der Waals surface area contributed by atoms with Crippen LogP contribution in [0.4, 0.5) is 5.13 Å². The van der Waals surface area contributed by atoms with Gasteiger partial charge in [0.15, 0.2) is 15.0 Å². The summed E-state index contributed by atoms with van der Waals surface area (Å²) in [5.41, 5.74) is 1.51. The zero-order valence-corrected chi connectivity index (χ0v) is 14.6. The second-order valence-corrected chi connectivity index (χ2v) is 9.09. The lowest BCUT2D eigenvalue weighted by Gasteiger charge is -2.15. The van der Waals surface area contributed by atoms with E-state index in [1.165, 1.54) is 40.5 Å². The zero-order chi connectivity index (χ0) is 16.6. The topological polar surface area (TPSA) is 76.1 Å². The molecule has 0 radical (unpaired) electrons.